The molecule has 2 spiro atoms. The molecule has 0 atom stereocenters. The first kappa shape index (κ1) is 46.8. The van der Waals surface area contributed by atoms with Crippen LogP contribution in [0.5, 0.6) is 0 Å². The van der Waals surface area contributed by atoms with Crippen LogP contribution in [0, 0.1) is 0 Å². The van der Waals surface area contributed by atoms with Crippen molar-refractivity contribution >= 4 is 11.0 Å². The van der Waals surface area contributed by atoms with Crippen LogP contribution in [0.4, 0.5) is 0 Å². The van der Waals surface area contributed by atoms with Gasteiger partial charge in [-0.2, -0.15) is 0 Å². The van der Waals surface area contributed by atoms with Gasteiger partial charge in [-0.1, -0.05) is 206 Å². The van der Waals surface area contributed by atoms with Crippen molar-refractivity contribution in [1.82, 2.24) is 19.9 Å². The Balaban J connectivity index is 0.829. The molecule has 18 rings (SSSR count). The third-order valence-corrected chi connectivity index (χ3v) is 18.8. The Labute approximate surface area is 486 Å². The molecule has 0 unspecified atom stereocenters. The molecule has 84 heavy (non-hydrogen) atoms. The quantitative estimate of drug-likeness (QED) is 0.167. The average molecular weight is 1070 g/mol. The SMILES string of the molecule is c1ccc2c(c1)-c1ccccc1C21c2cc(-c3ccc(-c4ccncc4)cc3)ccc2-c2ccc(-c3nc4ccccc4nc3-c3ccc4c(c3)C3(c5ccccc5-c5ccccc53)c3cc(-c5ccc(-c6ccncc6)cc5)ccc3-4)cc21. The summed E-state index contributed by atoms with van der Waals surface area (Å²) >= 11 is 0. The number of hydrogen-bond acceptors (Lipinski definition) is 4. The van der Waals surface area contributed by atoms with Gasteiger partial charge in [0.25, 0.3) is 0 Å². The van der Waals surface area contributed by atoms with E-state index in [1.807, 2.05) is 24.8 Å². The summed E-state index contributed by atoms with van der Waals surface area (Å²) in [5, 5.41) is 0. The van der Waals surface area contributed by atoms with E-state index in [1.54, 1.807) is 0 Å². The van der Waals surface area contributed by atoms with Crippen molar-refractivity contribution in [1.29, 1.82) is 0 Å². The predicted octanol–water partition coefficient (Wildman–Crippen LogP) is 19.1. The Morgan fingerprint density at radius 3 is 0.762 bits per heavy atom. The lowest BCUT2D eigenvalue weighted by Crippen LogP contribution is -2.26. The maximum atomic E-state index is 5.68. The van der Waals surface area contributed by atoms with Gasteiger partial charge in [0, 0.05) is 35.9 Å². The number of benzene rings is 11. The maximum absolute atomic E-state index is 5.68. The highest BCUT2D eigenvalue weighted by molar-refractivity contribution is 6.00. The Morgan fingerprint density at radius 1 is 0.190 bits per heavy atom. The highest BCUT2D eigenvalue weighted by atomic mass is 14.8. The van der Waals surface area contributed by atoms with Gasteiger partial charge in [-0.15, -0.1) is 0 Å². The van der Waals surface area contributed by atoms with Crippen LogP contribution >= 0.6 is 0 Å². The van der Waals surface area contributed by atoms with Gasteiger partial charge in [-0.05, 0) is 194 Å². The second kappa shape index (κ2) is 17.8. The normalized spacial score (nSPS) is 13.7. The summed E-state index contributed by atoms with van der Waals surface area (Å²) in [6.07, 6.45) is 7.42. The Bertz CT molecular complexity index is 4650. The van der Waals surface area contributed by atoms with Crippen LogP contribution in [0.15, 0.2) is 292 Å². The smallest absolute Gasteiger partial charge is 0.0973 e. The molecule has 0 N–H and O–H groups in total. The lowest BCUT2D eigenvalue weighted by Gasteiger charge is -2.31. The van der Waals surface area contributed by atoms with Gasteiger partial charge in [0.05, 0.1) is 33.3 Å². The average Bonchev–Trinajstić information content (AvgIpc) is 2.21. The number of rotatable bonds is 6. The molecule has 0 saturated heterocycles. The minimum atomic E-state index is -0.596. The van der Waals surface area contributed by atoms with E-state index in [1.165, 1.54) is 122 Å². The minimum absolute atomic E-state index is 0.596. The van der Waals surface area contributed by atoms with E-state index in [9.17, 15) is 0 Å². The zero-order chi connectivity index (χ0) is 55.1. The molecule has 4 aliphatic rings. The highest BCUT2D eigenvalue weighted by Crippen LogP contribution is 2.65. The largest absolute Gasteiger partial charge is 0.265 e. The van der Waals surface area contributed by atoms with Crippen molar-refractivity contribution in [3.8, 4) is 112 Å². The Kier molecular flexibility index (Phi) is 9.90. The molecular formula is C80H48N4. The van der Waals surface area contributed by atoms with Gasteiger partial charge >= 0.3 is 0 Å². The summed E-state index contributed by atoms with van der Waals surface area (Å²) in [4.78, 5) is 19.9. The van der Waals surface area contributed by atoms with Gasteiger partial charge in [-0.25, -0.2) is 9.97 Å². The van der Waals surface area contributed by atoms with E-state index in [0.717, 1.165) is 44.7 Å². The first-order chi connectivity index (χ1) is 41.6. The summed E-state index contributed by atoms with van der Waals surface area (Å²) < 4.78 is 0. The fourth-order valence-corrected chi connectivity index (χ4v) is 15.1. The number of hydrogen-bond donors (Lipinski definition) is 0. The molecule has 388 valence electrons. The van der Waals surface area contributed by atoms with Crippen LogP contribution in [-0.2, 0) is 10.8 Å². The number of pyridine rings is 2. The third kappa shape index (κ3) is 6.48. The number of nitrogens with zero attached hydrogens (tertiary/aromatic N) is 4. The van der Waals surface area contributed by atoms with Crippen molar-refractivity contribution < 1.29 is 0 Å². The predicted molar refractivity (Wildman–Crippen MR) is 340 cm³/mol. The van der Waals surface area contributed by atoms with E-state index in [-0.39, 0.29) is 0 Å². The van der Waals surface area contributed by atoms with E-state index in [0.29, 0.717) is 0 Å². The van der Waals surface area contributed by atoms with E-state index in [4.69, 9.17) is 9.97 Å². The third-order valence-electron chi connectivity index (χ3n) is 18.8. The monoisotopic (exact) mass is 1060 g/mol. The lowest BCUT2D eigenvalue weighted by atomic mass is 9.69. The summed E-state index contributed by atoms with van der Waals surface area (Å²) in [7, 11) is 0. The number of fused-ring (bicyclic) bond motifs is 21. The van der Waals surface area contributed by atoms with E-state index < -0.39 is 10.8 Å². The van der Waals surface area contributed by atoms with Gasteiger partial charge in [0.15, 0.2) is 0 Å². The molecule has 0 fully saturated rings. The molecule has 4 nitrogen and oxygen atoms in total. The van der Waals surface area contributed by atoms with Crippen molar-refractivity contribution in [3.05, 3.63) is 336 Å². The number of aromatic nitrogens is 4. The first-order valence-electron chi connectivity index (χ1n) is 28.9. The summed E-state index contributed by atoms with van der Waals surface area (Å²) in [6.45, 7) is 0. The molecule has 0 radical (unpaired) electrons. The van der Waals surface area contributed by atoms with Crippen molar-refractivity contribution in [2.75, 3.05) is 0 Å². The van der Waals surface area contributed by atoms with Crippen molar-refractivity contribution in [2.24, 2.45) is 0 Å². The molecule has 3 heterocycles. The molecule has 0 aliphatic heterocycles. The number of para-hydroxylation sites is 2. The minimum Gasteiger partial charge on any atom is -0.265 e. The maximum Gasteiger partial charge on any atom is 0.0973 e. The van der Waals surface area contributed by atoms with E-state index in [2.05, 4.69) is 277 Å². The van der Waals surface area contributed by atoms with Crippen LogP contribution < -0.4 is 0 Å². The molecular weight excluding hydrogens is 1020 g/mol. The Morgan fingerprint density at radius 2 is 0.429 bits per heavy atom. The molecule has 0 saturated carbocycles. The van der Waals surface area contributed by atoms with E-state index >= 15 is 0 Å². The molecule has 0 bridgehead atoms. The van der Waals surface area contributed by atoms with Crippen LogP contribution in [0.25, 0.3) is 123 Å². The molecule has 11 aromatic carbocycles. The zero-order valence-corrected chi connectivity index (χ0v) is 45.5. The Hall–Kier alpha value is -10.9. The molecule has 3 aromatic heterocycles. The van der Waals surface area contributed by atoms with Gasteiger partial charge in [-0.3, -0.25) is 9.97 Å². The summed E-state index contributed by atoms with van der Waals surface area (Å²) in [5.74, 6) is 0. The fourth-order valence-electron chi connectivity index (χ4n) is 15.1. The topological polar surface area (TPSA) is 51.6 Å². The highest BCUT2D eigenvalue weighted by Gasteiger charge is 2.53. The van der Waals surface area contributed by atoms with Crippen LogP contribution in [-0.4, -0.2) is 19.9 Å². The molecule has 4 aliphatic carbocycles. The standard InChI is InChI=1S/C80H48N4/c1-5-15-67-59(11-1)60-12-2-6-16-68(60)79(67)71-45-55(51-25-21-49(22-26-51)53-37-41-81-42-38-53)29-33-63(71)65-35-31-57(47-73(65)79)77-78(84-76-20-10-9-19-75(76)83-77)58-32-36-66-64-34-30-56(52-27-23-50(24-28-52)54-39-43-82-44-40-54)46-72(64)80(74(66)48-58)69-17-7-3-13-61(69)62-14-4-8-18-70(62)80/h1-48H. The fraction of sp³-hybridized carbons (Fsp3) is 0.0250. The summed E-state index contributed by atoms with van der Waals surface area (Å²) in [5.41, 5.74) is 33.9. The lowest BCUT2D eigenvalue weighted by molar-refractivity contribution is 0.794. The van der Waals surface area contributed by atoms with Gasteiger partial charge in [0.2, 0.25) is 0 Å². The molecule has 4 heteroatoms. The second-order valence-corrected chi connectivity index (χ2v) is 22.8. The van der Waals surface area contributed by atoms with Crippen LogP contribution in [0.1, 0.15) is 44.5 Å². The van der Waals surface area contributed by atoms with Crippen LogP contribution in [0.3, 0.4) is 0 Å². The van der Waals surface area contributed by atoms with Crippen LogP contribution in [0.2, 0.25) is 0 Å². The van der Waals surface area contributed by atoms with Gasteiger partial charge in [0.1, 0.15) is 0 Å². The second-order valence-electron chi connectivity index (χ2n) is 22.8. The van der Waals surface area contributed by atoms with Crippen molar-refractivity contribution in [3.63, 3.8) is 0 Å². The zero-order valence-electron chi connectivity index (χ0n) is 45.5. The molecule has 14 aromatic rings. The first-order valence-corrected chi connectivity index (χ1v) is 28.9. The summed E-state index contributed by atoms with van der Waals surface area (Å²) in [6, 6.07) is 99.3. The molecule has 0 amide bonds. The van der Waals surface area contributed by atoms with Gasteiger partial charge < -0.3 is 0 Å². The van der Waals surface area contributed by atoms with Crippen molar-refractivity contribution in [2.45, 2.75) is 10.8 Å².